The molecule has 0 bridgehead atoms. The molecular formula is C23H31N7O3. The molecule has 3 amide bonds. The average molecular weight is 454 g/mol. The standard InChI is InChI=1S/C23H31N7O3/c1-26-10-11-28-21(31)16-4-6-17(7-5-16)22(32)29-18-12-19(23(33)27-9-8-20(24)25)30(14-18)13-15-2-3-15/h4-7,12,14-15,26H,2-3,8-11,13H2,1H3,(H3,24,25)(H,27,33)(H,28,31)(H,29,32). The van der Waals surface area contributed by atoms with E-state index in [9.17, 15) is 14.4 Å². The normalized spacial score (nSPS) is 12.8. The number of hydrogen-bond acceptors (Lipinski definition) is 5. The van der Waals surface area contributed by atoms with Crippen LogP contribution in [0.3, 0.4) is 0 Å². The van der Waals surface area contributed by atoms with Crippen molar-refractivity contribution >= 4 is 29.2 Å². The lowest BCUT2D eigenvalue weighted by Crippen LogP contribution is -2.30. The Labute approximate surface area is 192 Å². The van der Waals surface area contributed by atoms with E-state index < -0.39 is 0 Å². The zero-order valence-corrected chi connectivity index (χ0v) is 18.7. The first kappa shape index (κ1) is 24.0. The summed E-state index contributed by atoms with van der Waals surface area (Å²) in [6.45, 7) is 2.17. The lowest BCUT2D eigenvalue weighted by molar-refractivity contribution is 0.0940. The number of carbonyl (C=O) groups excluding carboxylic acids is 3. The third-order valence-electron chi connectivity index (χ3n) is 5.29. The summed E-state index contributed by atoms with van der Waals surface area (Å²) in [6, 6.07) is 8.05. The number of benzene rings is 1. The minimum absolute atomic E-state index is 0.0121. The second-order valence-corrected chi connectivity index (χ2v) is 8.13. The van der Waals surface area contributed by atoms with Crippen molar-refractivity contribution in [2.45, 2.75) is 25.8 Å². The van der Waals surface area contributed by atoms with Gasteiger partial charge in [-0.2, -0.15) is 0 Å². The maximum atomic E-state index is 12.7. The van der Waals surface area contributed by atoms with Gasteiger partial charge < -0.3 is 31.6 Å². The van der Waals surface area contributed by atoms with Gasteiger partial charge in [0.2, 0.25) is 0 Å². The highest BCUT2D eigenvalue weighted by Crippen LogP contribution is 2.32. The molecule has 7 N–H and O–H groups in total. The molecule has 33 heavy (non-hydrogen) atoms. The van der Waals surface area contributed by atoms with Crippen LogP contribution in [-0.4, -0.2) is 54.8 Å². The Morgan fingerprint density at radius 2 is 1.64 bits per heavy atom. The molecule has 3 rings (SSSR count). The van der Waals surface area contributed by atoms with Crippen LogP contribution in [0.5, 0.6) is 0 Å². The van der Waals surface area contributed by atoms with Gasteiger partial charge in [-0.1, -0.05) is 0 Å². The molecule has 0 unspecified atom stereocenters. The summed E-state index contributed by atoms with van der Waals surface area (Å²) in [5, 5.41) is 18.6. The van der Waals surface area contributed by atoms with Crippen molar-refractivity contribution in [3.8, 4) is 0 Å². The fourth-order valence-electron chi connectivity index (χ4n) is 3.28. The lowest BCUT2D eigenvalue weighted by Gasteiger charge is -2.08. The van der Waals surface area contributed by atoms with Crippen molar-refractivity contribution in [2.24, 2.45) is 11.7 Å². The largest absolute Gasteiger partial charge is 0.388 e. The quantitative estimate of drug-likeness (QED) is 0.162. The number of aromatic nitrogens is 1. The summed E-state index contributed by atoms with van der Waals surface area (Å²) in [6.07, 6.45) is 4.29. The molecule has 1 saturated carbocycles. The predicted molar refractivity (Wildman–Crippen MR) is 127 cm³/mol. The second-order valence-electron chi connectivity index (χ2n) is 8.13. The van der Waals surface area contributed by atoms with Crippen LogP contribution in [0.4, 0.5) is 5.69 Å². The van der Waals surface area contributed by atoms with E-state index in [0.29, 0.717) is 48.1 Å². The van der Waals surface area contributed by atoms with Gasteiger partial charge in [-0.15, -0.1) is 0 Å². The number of likely N-dealkylation sites (N-methyl/N-ethyl adjacent to an activating group) is 1. The van der Waals surface area contributed by atoms with Crippen LogP contribution in [0, 0.1) is 11.3 Å². The number of hydrogen-bond donors (Lipinski definition) is 6. The number of amides is 3. The smallest absolute Gasteiger partial charge is 0.267 e. The Kier molecular flexibility index (Phi) is 8.20. The SMILES string of the molecule is CNCCNC(=O)c1ccc(C(=O)Nc2cc(C(=O)NCCC(=N)N)n(CC3CC3)c2)cc1. The number of amidine groups is 1. The lowest BCUT2D eigenvalue weighted by atomic mass is 10.1. The predicted octanol–water partition coefficient (Wildman–Crippen LogP) is 1.16. The van der Waals surface area contributed by atoms with E-state index in [2.05, 4.69) is 21.3 Å². The van der Waals surface area contributed by atoms with Gasteiger partial charge in [0.15, 0.2) is 0 Å². The highest BCUT2D eigenvalue weighted by Gasteiger charge is 2.24. The highest BCUT2D eigenvalue weighted by molar-refractivity contribution is 6.06. The molecule has 0 radical (unpaired) electrons. The zero-order valence-electron chi connectivity index (χ0n) is 18.7. The van der Waals surface area contributed by atoms with E-state index >= 15 is 0 Å². The van der Waals surface area contributed by atoms with E-state index in [0.717, 1.165) is 12.8 Å². The average Bonchev–Trinajstić information content (AvgIpc) is 3.52. The van der Waals surface area contributed by atoms with Gasteiger partial charge in [0, 0.05) is 49.9 Å². The second kappa shape index (κ2) is 11.3. The van der Waals surface area contributed by atoms with Crippen LogP contribution in [0.2, 0.25) is 0 Å². The number of nitrogens with zero attached hydrogens (tertiary/aromatic N) is 1. The Balaban J connectivity index is 1.64. The summed E-state index contributed by atoms with van der Waals surface area (Å²) < 4.78 is 1.86. The number of nitrogens with one attached hydrogen (secondary N) is 5. The summed E-state index contributed by atoms with van der Waals surface area (Å²) in [5.74, 6) is -0.250. The van der Waals surface area contributed by atoms with Gasteiger partial charge in [0.05, 0.1) is 11.5 Å². The topological polar surface area (TPSA) is 154 Å². The molecule has 1 aliphatic carbocycles. The fraction of sp³-hybridized carbons (Fsp3) is 0.391. The molecular weight excluding hydrogens is 422 g/mol. The molecule has 1 heterocycles. The first-order chi connectivity index (χ1) is 15.9. The molecule has 10 heteroatoms. The number of carbonyl (C=O) groups is 3. The molecule has 10 nitrogen and oxygen atoms in total. The third-order valence-corrected chi connectivity index (χ3v) is 5.29. The summed E-state index contributed by atoms with van der Waals surface area (Å²) >= 11 is 0. The first-order valence-corrected chi connectivity index (χ1v) is 11.0. The summed E-state index contributed by atoms with van der Waals surface area (Å²) in [4.78, 5) is 37.4. The number of rotatable bonds is 12. The monoisotopic (exact) mass is 453 g/mol. The Morgan fingerprint density at radius 1 is 1.00 bits per heavy atom. The van der Waals surface area contributed by atoms with Gasteiger partial charge in [-0.3, -0.25) is 19.8 Å². The van der Waals surface area contributed by atoms with Gasteiger partial charge in [-0.05, 0) is 56.1 Å². The van der Waals surface area contributed by atoms with Crippen molar-refractivity contribution in [1.82, 2.24) is 20.5 Å². The van der Waals surface area contributed by atoms with Crippen LogP contribution in [0.15, 0.2) is 36.5 Å². The van der Waals surface area contributed by atoms with Crippen LogP contribution < -0.4 is 27.0 Å². The fourth-order valence-corrected chi connectivity index (χ4v) is 3.28. The van der Waals surface area contributed by atoms with Crippen LogP contribution in [0.1, 0.15) is 50.5 Å². The molecule has 1 aromatic heterocycles. The van der Waals surface area contributed by atoms with Gasteiger partial charge >= 0.3 is 0 Å². The zero-order chi connectivity index (χ0) is 23.8. The van der Waals surface area contributed by atoms with E-state index in [1.165, 1.54) is 0 Å². The van der Waals surface area contributed by atoms with Crippen LogP contribution in [0.25, 0.3) is 0 Å². The van der Waals surface area contributed by atoms with Crippen LogP contribution in [-0.2, 0) is 6.54 Å². The van der Waals surface area contributed by atoms with Crippen molar-refractivity contribution in [3.63, 3.8) is 0 Å². The van der Waals surface area contributed by atoms with Crippen molar-refractivity contribution < 1.29 is 14.4 Å². The van der Waals surface area contributed by atoms with Crippen molar-refractivity contribution in [2.75, 3.05) is 32.0 Å². The molecule has 0 spiro atoms. The Bertz CT molecular complexity index is 1010. The molecule has 1 fully saturated rings. The minimum atomic E-state index is -0.329. The maximum Gasteiger partial charge on any atom is 0.267 e. The summed E-state index contributed by atoms with van der Waals surface area (Å²) in [7, 11) is 1.81. The van der Waals surface area contributed by atoms with Gasteiger partial charge in [0.1, 0.15) is 5.69 Å². The molecule has 1 aromatic carbocycles. The van der Waals surface area contributed by atoms with Crippen molar-refractivity contribution in [3.05, 3.63) is 53.3 Å². The van der Waals surface area contributed by atoms with E-state index in [1.807, 2.05) is 11.6 Å². The molecule has 0 atom stereocenters. The Morgan fingerprint density at radius 3 is 2.24 bits per heavy atom. The minimum Gasteiger partial charge on any atom is -0.388 e. The highest BCUT2D eigenvalue weighted by atomic mass is 16.2. The molecule has 0 aliphatic heterocycles. The number of nitrogens with two attached hydrogens (primary N) is 1. The summed E-state index contributed by atoms with van der Waals surface area (Å²) in [5.41, 5.74) is 7.20. The van der Waals surface area contributed by atoms with Crippen LogP contribution >= 0.6 is 0 Å². The molecule has 2 aromatic rings. The number of anilines is 1. The van der Waals surface area contributed by atoms with E-state index in [4.69, 9.17) is 11.1 Å². The van der Waals surface area contributed by atoms with Gasteiger partial charge in [0.25, 0.3) is 17.7 Å². The van der Waals surface area contributed by atoms with E-state index in [-0.39, 0.29) is 36.5 Å². The Hall–Kier alpha value is -3.66. The molecule has 176 valence electrons. The van der Waals surface area contributed by atoms with Gasteiger partial charge in [-0.25, -0.2) is 0 Å². The molecule has 0 saturated heterocycles. The first-order valence-electron chi connectivity index (χ1n) is 11.0. The van der Waals surface area contributed by atoms with Crippen molar-refractivity contribution in [1.29, 1.82) is 5.41 Å². The third kappa shape index (κ3) is 7.18. The van der Waals surface area contributed by atoms with E-state index in [1.54, 1.807) is 36.5 Å². The maximum absolute atomic E-state index is 12.7. The molecule has 1 aliphatic rings.